The predicted molar refractivity (Wildman–Crippen MR) is 249 cm³/mol. The molecule has 0 spiro atoms. The number of imide groups is 1. The van der Waals surface area contributed by atoms with Gasteiger partial charge in [-0.25, -0.2) is 0 Å². The molecule has 2 aliphatic heterocycles. The van der Waals surface area contributed by atoms with E-state index in [1.54, 1.807) is 69.6 Å². The fraction of sp³-hybridized carbons (Fsp3) is 0.583. The largest absolute Gasteiger partial charge is 0.481 e. The summed E-state index contributed by atoms with van der Waals surface area (Å²) in [6.45, 7) is 13.5. The molecule has 0 radical (unpaired) electrons. The van der Waals surface area contributed by atoms with Crippen LogP contribution in [0.4, 0.5) is 11.4 Å². The van der Waals surface area contributed by atoms with Crippen molar-refractivity contribution >= 4 is 46.9 Å². The number of nitrogens with zero attached hydrogens (tertiary/aromatic N) is 3. The summed E-state index contributed by atoms with van der Waals surface area (Å²) in [7, 11) is 1.63. The zero-order chi connectivity index (χ0) is 49.6. The molecule has 5 atom stereocenters. The maximum atomic E-state index is 13.9. The molecule has 67 heavy (non-hydrogen) atoms. The smallest absolute Gasteiger partial charge is 0.308 e. The molecule has 0 bridgehead atoms. The third-order valence-corrected chi connectivity index (χ3v) is 11.5. The van der Waals surface area contributed by atoms with E-state index in [2.05, 4.69) is 10.6 Å². The number of rotatable bonds is 25. The molecule has 2 aliphatic rings. The Morgan fingerprint density at radius 3 is 2.37 bits per heavy atom. The molecule has 2 fully saturated rings. The molecule has 8 N–H and O–H groups in total. The number of carbonyl (C=O) groups excluding carboxylic acids is 5. The number of esters is 1. The Labute approximate surface area is 393 Å². The molecule has 2 aromatic carbocycles. The van der Waals surface area contributed by atoms with Crippen molar-refractivity contribution in [1.29, 1.82) is 0 Å². The molecule has 4 amide bonds. The van der Waals surface area contributed by atoms with Crippen LogP contribution in [-0.4, -0.2) is 121 Å². The maximum absolute atomic E-state index is 13.9. The Morgan fingerprint density at radius 2 is 1.75 bits per heavy atom. The second-order valence-corrected chi connectivity index (χ2v) is 18.8. The number of carboxylic acids is 1. The van der Waals surface area contributed by atoms with Crippen LogP contribution in [0.5, 0.6) is 5.75 Å². The summed E-state index contributed by atoms with van der Waals surface area (Å²) in [5.74, 6) is -3.19. The molecular formula is C48H71N7O12. The van der Waals surface area contributed by atoms with Crippen molar-refractivity contribution in [2.75, 3.05) is 57.0 Å². The minimum Gasteiger partial charge on any atom is -0.481 e. The minimum atomic E-state index is -0.945. The minimum absolute atomic E-state index is 0.0126. The van der Waals surface area contributed by atoms with Gasteiger partial charge in [-0.05, 0) is 61.1 Å². The summed E-state index contributed by atoms with van der Waals surface area (Å²) in [4.78, 5) is 85.1. The van der Waals surface area contributed by atoms with E-state index in [4.69, 9.17) is 35.6 Å². The Bertz CT molecular complexity index is 2060. The van der Waals surface area contributed by atoms with Crippen LogP contribution in [0, 0.1) is 23.2 Å². The van der Waals surface area contributed by atoms with Crippen molar-refractivity contribution in [3.05, 3.63) is 65.5 Å². The van der Waals surface area contributed by atoms with Gasteiger partial charge in [-0.15, -0.1) is 0 Å². The maximum Gasteiger partial charge on any atom is 0.308 e. The Kier molecular flexibility index (Phi) is 20.0. The summed E-state index contributed by atoms with van der Waals surface area (Å²) >= 11 is 0. The van der Waals surface area contributed by atoms with Gasteiger partial charge in [-0.1, -0.05) is 59.7 Å². The van der Waals surface area contributed by atoms with Gasteiger partial charge >= 0.3 is 11.9 Å². The summed E-state index contributed by atoms with van der Waals surface area (Å²) in [5, 5.41) is 26.8. The van der Waals surface area contributed by atoms with Crippen LogP contribution >= 0.6 is 0 Å². The number of hydrogen-bond donors (Lipinski definition) is 6. The quantitative estimate of drug-likeness (QED) is 0.0273. The number of hydroxylamine groups is 2. The molecule has 2 heterocycles. The summed E-state index contributed by atoms with van der Waals surface area (Å²) < 4.78 is 17.5. The van der Waals surface area contributed by atoms with Gasteiger partial charge in [0.15, 0.2) is 0 Å². The zero-order valence-electron chi connectivity index (χ0n) is 40.1. The number of benzene rings is 2. The molecule has 2 aromatic rings. The van der Waals surface area contributed by atoms with Crippen LogP contribution in [0.2, 0.25) is 0 Å². The molecule has 4 rings (SSSR count). The average molecular weight is 938 g/mol. The number of nitrogen functional groups attached to an aromatic ring is 1. The van der Waals surface area contributed by atoms with Gasteiger partial charge < -0.3 is 51.4 Å². The van der Waals surface area contributed by atoms with Crippen LogP contribution in [-0.2, 0) is 49.5 Å². The van der Waals surface area contributed by atoms with Gasteiger partial charge in [-0.2, -0.15) is 5.06 Å². The van der Waals surface area contributed by atoms with E-state index in [1.807, 2.05) is 34.6 Å². The first-order valence-electron chi connectivity index (χ1n) is 22.9. The van der Waals surface area contributed by atoms with E-state index in [-0.39, 0.29) is 106 Å². The number of aliphatic carboxylic acids is 1. The number of carbonyl (C=O) groups is 6. The van der Waals surface area contributed by atoms with Gasteiger partial charge in [0.25, 0.3) is 0 Å². The van der Waals surface area contributed by atoms with Crippen molar-refractivity contribution in [2.24, 2.45) is 28.9 Å². The van der Waals surface area contributed by atoms with Gasteiger partial charge in [0.1, 0.15) is 18.0 Å². The molecule has 5 unspecified atom stereocenters. The highest BCUT2D eigenvalue weighted by atomic mass is 16.7. The van der Waals surface area contributed by atoms with Crippen LogP contribution < -0.4 is 31.7 Å². The predicted octanol–water partition coefficient (Wildman–Crippen LogP) is 3.64. The first kappa shape index (κ1) is 53.9. The number of nitrogens with one attached hydrogen (secondary N) is 2. The first-order valence-corrected chi connectivity index (χ1v) is 22.9. The summed E-state index contributed by atoms with van der Waals surface area (Å²) in [5.41, 5.74) is 14.5. The fourth-order valence-electron chi connectivity index (χ4n) is 7.22. The number of carboxylic acid groups (broad SMARTS) is 1. The molecule has 19 heteroatoms. The van der Waals surface area contributed by atoms with E-state index < -0.39 is 47.7 Å². The average Bonchev–Trinajstić information content (AvgIpc) is 3.57. The highest BCUT2D eigenvalue weighted by molar-refractivity contribution is 6.21. The van der Waals surface area contributed by atoms with Gasteiger partial charge in [0.05, 0.1) is 55.3 Å². The van der Waals surface area contributed by atoms with E-state index in [0.29, 0.717) is 41.1 Å². The van der Waals surface area contributed by atoms with Crippen LogP contribution in [0.3, 0.4) is 0 Å². The molecule has 0 aliphatic carbocycles. The SMILES string of the molecule is CC1CCC(O)C(Oc2ccc(C(C/C(N)=C/NCCN(CC(=O)NCC(C)(C)CON(C)CCC(=O)O)C(=O)Cc3ccc(N4C(=O)CC(C(C)C)C4=O)cc3)OC(=O)C(C)C)cc2N)O1. The molecule has 19 nitrogen and oxygen atoms in total. The van der Waals surface area contributed by atoms with Crippen molar-refractivity contribution in [2.45, 2.75) is 112 Å². The van der Waals surface area contributed by atoms with E-state index in [1.165, 1.54) is 14.9 Å². The number of ether oxygens (including phenoxy) is 3. The third kappa shape index (κ3) is 16.8. The number of aliphatic hydroxyl groups is 1. The second-order valence-electron chi connectivity index (χ2n) is 18.8. The second kappa shape index (κ2) is 24.8. The zero-order valence-corrected chi connectivity index (χ0v) is 40.1. The number of hydrogen-bond acceptors (Lipinski definition) is 15. The lowest BCUT2D eigenvalue weighted by atomic mass is 9.94. The highest BCUT2D eigenvalue weighted by Crippen LogP contribution is 2.34. The third-order valence-electron chi connectivity index (χ3n) is 11.5. The molecule has 370 valence electrons. The van der Waals surface area contributed by atoms with Gasteiger partial charge in [0.2, 0.25) is 29.9 Å². The number of aliphatic hydroxyl groups excluding tert-OH is 1. The lowest BCUT2D eigenvalue weighted by Crippen LogP contribution is -2.46. The van der Waals surface area contributed by atoms with Gasteiger partial charge in [-0.3, -0.25) is 38.5 Å². The van der Waals surface area contributed by atoms with Crippen LogP contribution in [0.1, 0.15) is 97.8 Å². The van der Waals surface area contributed by atoms with Crippen LogP contribution in [0.25, 0.3) is 0 Å². The lowest BCUT2D eigenvalue weighted by Gasteiger charge is -2.32. The number of anilines is 2. The van der Waals surface area contributed by atoms with Crippen molar-refractivity contribution < 1.29 is 58.0 Å². The Balaban J connectivity index is 1.44. The normalized spacial score (nSPS) is 19.5. The number of nitrogens with two attached hydrogens (primary N) is 2. The molecule has 2 saturated heterocycles. The highest BCUT2D eigenvalue weighted by Gasteiger charge is 2.41. The molecule has 0 aromatic heterocycles. The standard InChI is InChI=1S/C48H71N7O12/c1-29(2)36-24-43(59)55(45(36)62)35-13-10-32(11-14-35)21-42(58)54(26-41(57)52-27-48(6,7)28-64-53(8)19-17-44(60)61)20-18-51-25-34(49)23-40(66-46(63)30(3)4)33-12-16-39(37(50)22-33)67-47-38(56)15-9-31(5)65-47/h10-14,16,22,25,29-31,36,38,40,47,51,56H,9,15,17-21,23-24,26-28,49-50H2,1-8H3,(H,52,57)(H,60,61)/b34-25-. The summed E-state index contributed by atoms with van der Waals surface area (Å²) in [6, 6.07) is 11.6. The van der Waals surface area contributed by atoms with Gasteiger partial charge in [0, 0.05) is 63.4 Å². The Morgan fingerprint density at radius 1 is 1.04 bits per heavy atom. The van der Waals surface area contributed by atoms with Crippen LogP contribution in [0.15, 0.2) is 54.4 Å². The molecular weight excluding hydrogens is 867 g/mol. The topological polar surface area (TPSA) is 266 Å². The van der Waals surface area contributed by atoms with E-state index >= 15 is 0 Å². The monoisotopic (exact) mass is 938 g/mol. The van der Waals surface area contributed by atoms with Crippen molar-refractivity contribution in [3.8, 4) is 5.75 Å². The van der Waals surface area contributed by atoms with Crippen molar-refractivity contribution in [3.63, 3.8) is 0 Å². The first-order chi connectivity index (χ1) is 31.5. The Hall–Kier alpha value is -5.76. The summed E-state index contributed by atoms with van der Waals surface area (Å²) in [6.07, 6.45) is 0.214. The number of amides is 4. The molecule has 0 saturated carbocycles. The van der Waals surface area contributed by atoms with E-state index in [9.17, 15) is 33.9 Å². The van der Waals surface area contributed by atoms with E-state index in [0.717, 1.165) is 0 Å². The lowest BCUT2D eigenvalue weighted by molar-refractivity contribution is -0.196. The fourth-order valence-corrected chi connectivity index (χ4v) is 7.22. The van der Waals surface area contributed by atoms with Crippen molar-refractivity contribution in [1.82, 2.24) is 20.6 Å².